The van der Waals surface area contributed by atoms with Crippen LogP contribution in [0, 0.1) is 23.7 Å². The zero-order valence-corrected chi connectivity index (χ0v) is 21.2. The first kappa shape index (κ1) is 26.5. The smallest absolute Gasteiger partial charge is 0.309 e. The Morgan fingerprint density at radius 2 is 1.21 bits per heavy atom. The van der Waals surface area contributed by atoms with Crippen molar-refractivity contribution in [3.8, 4) is 0 Å². The maximum absolute atomic E-state index is 12.7. The van der Waals surface area contributed by atoms with Crippen molar-refractivity contribution < 1.29 is 23.8 Å². The van der Waals surface area contributed by atoms with Gasteiger partial charge in [-0.1, -0.05) is 26.2 Å². The van der Waals surface area contributed by atoms with Crippen molar-refractivity contribution in [3.63, 3.8) is 0 Å². The molecule has 0 saturated heterocycles. The van der Waals surface area contributed by atoms with E-state index in [-0.39, 0.29) is 24.0 Å². The molecule has 0 unspecified atom stereocenters. The Hall–Kier alpha value is -1.10. The van der Waals surface area contributed by atoms with Crippen LogP contribution in [0.1, 0.15) is 117 Å². The molecule has 0 aromatic heterocycles. The minimum Gasteiger partial charge on any atom is -0.466 e. The van der Waals surface area contributed by atoms with Gasteiger partial charge in [-0.2, -0.15) is 0 Å². The molecule has 0 aromatic rings. The molecule has 0 N–H and O–H groups in total. The molecule has 5 nitrogen and oxygen atoms in total. The molecule has 0 atom stereocenters. The Kier molecular flexibility index (Phi) is 11.5. The summed E-state index contributed by atoms with van der Waals surface area (Å²) in [6, 6.07) is 0. The van der Waals surface area contributed by atoms with Crippen LogP contribution < -0.4 is 0 Å². The van der Waals surface area contributed by atoms with Crippen molar-refractivity contribution in [1.29, 1.82) is 0 Å². The number of carbonyl (C=O) groups excluding carboxylic acids is 2. The van der Waals surface area contributed by atoms with Gasteiger partial charge in [0.05, 0.1) is 18.6 Å². The molecule has 0 aromatic carbocycles. The van der Waals surface area contributed by atoms with Crippen LogP contribution >= 0.6 is 0 Å². The Morgan fingerprint density at radius 3 is 1.82 bits per heavy atom. The second-order valence-electron chi connectivity index (χ2n) is 11.1. The number of ether oxygens (including phenoxy) is 3. The molecule has 3 fully saturated rings. The third kappa shape index (κ3) is 9.58. The predicted molar refractivity (Wildman–Crippen MR) is 130 cm³/mol. The van der Waals surface area contributed by atoms with E-state index in [1.54, 1.807) is 0 Å². The standard InChI is InChI=1S/C28H48O5/c1-21-7-9-23(10-8-21)24-11-17-27(18-12-24)33-28(30)25-13-15-26(16-14-25)32-20-6-4-3-5-19-31-22(2)29/h21,23-27H,3-20H2,1-2H3. The van der Waals surface area contributed by atoms with E-state index >= 15 is 0 Å². The van der Waals surface area contributed by atoms with Crippen molar-refractivity contribution in [2.75, 3.05) is 13.2 Å². The summed E-state index contributed by atoms with van der Waals surface area (Å²) >= 11 is 0. The summed E-state index contributed by atoms with van der Waals surface area (Å²) in [6.45, 7) is 5.16. The predicted octanol–water partition coefficient (Wildman–Crippen LogP) is 6.61. The van der Waals surface area contributed by atoms with Gasteiger partial charge in [0.25, 0.3) is 0 Å². The Bertz CT molecular complexity index is 567. The summed E-state index contributed by atoms with van der Waals surface area (Å²) in [5, 5.41) is 0. The van der Waals surface area contributed by atoms with E-state index in [4.69, 9.17) is 14.2 Å². The molecular formula is C28H48O5. The quantitative estimate of drug-likeness (QED) is 0.254. The lowest BCUT2D eigenvalue weighted by Gasteiger charge is -2.37. The summed E-state index contributed by atoms with van der Waals surface area (Å²) in [5.74, 6) is 2.64. The average molecular weight is 465 g/mol. The Morgan fingerprint density at radius 1 is 0.667 bits per heavy atom. The Balaban J connectivity index is 1.21. The topological polar surface area (TPSA) is 61.8 Å². The summed E-state index contributed by atoms with van der Waals surface area (Å²) < 4.78 is 17.0. The van der Waals surface area contributed by atoms with Gasteiger partial charge in [-0.3, -0.25) is 9.59 Å². The van der Waals surface area contributed by atoms with E-state index in [0.717, 1.165) is 88.6 Å². The number of unbranched alkanes of at least 4 members (excludes halogenated alkanes) is 3. The number of hydrogen-bond acceptors (Lipinski definition) is 5. The molecule has 0 bridgehead atoms. The van der Waals surface area contributed by atoms with Gasteiger partial charge in [-0.05, 0) is 101 Å². The zero-order chi connectivity index (χ0) is 23.5. The fourth-order valence-electron chi connectivity index (χ4n) is 6.18. The molecule has 0 radical (unpaired) electrons. The lowest BCUT2D eigenvalue weighted by Crippen LogP contribution is -2.33. The highest BCUT2D eigenvalue weighted by molar-refractivity contribution is 5.72. The van der Waals surface area contributed by atoms with Crippen molar-refractivity contribution in [3.05, 3.63) is 0 Å². The van der Waals surface area contributed by atoms with E-state index in [1.807, 2.05) is 0 Å². The Labute approximate surface area is 201 Å². The highest BCUT2D eigenvalue weighted by atomic mass is 16.5. The summed E-state index contributed by atoms with van der Waals surface area (Å²) in [6.07, 6.45) is 18.6. The summed E-state index contributed by atoms with van der Waals surface area (Å²) in [4.78, 5) is 23.4. The third-order valence-electron chi connectivity index (χ3n) is 8.43. The van der Waals surface area contributed by atoms with Gasteiger partial charge in [-0.15, -0.1) is 0 Å². The van der Waals surface area contributed by atoms with Crippen molar-refractivity contribution in [2.24, 2.45) is 23.7 Å². The van der Waals surface area contributed by atoms with Gasteiger partial charge in [0.2, 0.25) is 0 Å². The zero-order valence-electron chi connectivity index (χ0n) is 21.2. The molecular weight excluding hydrogens is 416 g/mol. The van der Waals surface area contributed by atoms with Crippen LogP contribution in [0.5, 0.6) is 0 Å². The first-order valence-electron chi connectivity index (χ1n) is 14.0. The van der Waals surface area contributed by atoms with Crippen LogP contribution in [0.15, 0.2) is 0 Å². The lowest BCUT2D eigenvalue weighted by molar-refractivity contribution is -0.158. The fourth-order valence-corrected chi connectivity index (χ4v) is 6.18. The van der Waals surface area contributed by atoms with Crippen LogP contribution in [0.25, 0.3) is 0 Å². The SMILES string of the molecule is CC(=O)OCCCCCCOC1CCC(C(=O)OC2CCC(C3CCC(C)CC3)CC2)CC1. The normalized spacial score (nSPS) is 32.8. The number of carbonyl (C=O) groups is 2. The van der Waals surface area contributed by atoms with Crippen LogP contribution in [0.2, 0.25) is 0 Å². The first-order valence-corrected chi connectivity index (χ1v) is 14.0. The van der Waals surface area contributed by atoms with E-state index in [0.29, 0.717) is 12.7 Å². The van der Waals surface area contributed by atoms with E-state index in [9.17, 15) is 9.59 Å². The molecule has 33 heavy (non-hydrogen) atoms. The maximum atomic E-state index is 12.7. The molecule has 190 valence electrons. The highest BCUT2D eigenvalue weighted by Crippen LogP contribution is 2.40. The minimum absolute atomic E-state index is 0.0520. The van der Waals surface area contributed by atoms with Gasteiger partial charge in [-0.25, -0.2) is 0 Å². The molecule has 3 aliphatic rings. The molecule has 3 saturated carbocycles. The second-order valence-corrected chi connectivity index (χ2v) is 11.1. The molecule has 0 spiro atoms. The molecule has 0 aliphatic heterocycles. The largest absolute Gasteiger partial charge is 0.466 e. The van der Waals surface area contributed by atoms with Crippen molar-refractivity contribution in [1.82, 2.24) is 0 Å². The molecule has 5 heteroatoms. The van der Waals surface area contributed by atoms with Gasteiger partial charge in [0.1, 0.15) is 6.10 Å². The maximum Gasteiger partial charge on any atom is 0.309 e. The van der Waals surface area contributed by atoms with Crippen LogP contribution in [0.3, 0.4) is 0 Å². The molecule has 0 amide bonds. The van der Waals surface area contributed by atoms with E-state index in [1.165, 1.54) is 45.4 Å². The summed E-state index contributed by atoms with van der Waals surface area (Å²) in [5.41, 5.74) is 0. The molecule has 3 aliphatic carbocycles. The third-order valence-corrected chi connectivity index (χ3v) is 8.43. The highest BCUT2D eigenvalue weighted by Gasteiger charge is 2.33. The van der Waals surface area contributed by atoms with Crippen LogP contribution in [-0.2, 0) is 23.8 Å². The van der Waals surface area contributed by atoms with Gasteiger partial charge < -0.3 is 14.2 Å². The van der Waals surface area contributed by atoms with Gasteiger partial charge >= 0.3 is 11.9 Å². The molecule has 0 heterocycles. The van der Waals surface area contributed by atoms with Crippen LogP contribution in [-0.4, -0.2) is 37.4 Å². The first-order chi connectivity index (χ1) is 16.0. The minimum atomic E-state index is -0.199. The van der Waals surface area contributed by atoms with Crippen LogP contribution in [0.4, 0.5) is 0 Å². The number of esters is 2. The van der Waals surface area contributed by atoms with Crippen molar-refractivity contribution in [2.45, 2.75) is 129 Å². The van der Waals surface area contributed by atoms with Gasteiger partial charge in [0.15, 0.2) is 0 Å². The van der Waals surface area contributed by atoms with Gasteiger partial charge in [0, 0.05) is 13.5 Å². The fraction of sp³-hybridized carbons (Fsp3) is 0.929. The molecule has 3 rings (SSSR count). The monoisotopic (exact) mass is 464 g/mol. The summed E-state index contributed by atoms with van der Waals surface area (Å²) in [7, 11) is 0. The van der Waals surface area contributed by atoms with Crippen molar-refractivity contribution >= 4 is 11.9 Å². The van der Waals surface area contributed by atoms with E-state index in [2.05, 4.69) is 6.92 Å². The average Bonchev–Trinajstić information content (AvgIpc) is 2.82. The second kappa shape index (κ2) is 14.3. The lowest BCUT2D eigenvalue weighted by atomic mass is 9.71. The number of hydrogen-bond donors (Lipinski definition) is 0. The number of rotatable bonds is 11. The van der Waals surface area contributed by atoms with E-state index < -0.39 is 0 Å².